The van der Waals surface area contributed by atoms with Crippen molar-refractivity contribution in [3.8, 4) is 5.75 Å². The second-order valence-corrected chi connectivity index (χ2v) is 8.78. The molecule has 0 bridgehead atoms. The molecule has 0 aliphatic carbocycles. The van der Waals surface area contributed by atoms with Gasteiger partial charge in [0.15, 0.2) is 15.8 Å². The van der Waals surface area contributed by atoms with Crippen LogP contribution in [0, 0.1) is 20.8 Å². The Hall–Kier alpha value is -2.54. The van der Waals surface area contributed by atoms with E-state index in [0.29, 0.717) is 30.6 Å². The Morgan fingerprint density at radius 1 is 1.04 bits per heavy atom. The predicted octanol–water partition coefficient (Wildman–Crippen LogP) is 2.76. The first-order valence-electron chi connectivity index (χ1n) is 9.15. The van der Waals surface area contributed by atoms with Crippen LogP contribution >= 0.6 is 0 Å². The van der Waals surface area contributed by atoms with Crippen molar-refractivity contribution in [2.75, 3.05) is 26.5 Å². The molecule has 2 aromatic carbocycles. The summed E-state index contributed by atoms with van der Waals surface area (Å²) < 4.78 is 29.3. The first kappa shape index (κ1) is 21.8. The molecular formula is C21H29N3O3S. The van der Waals surface area contributed by atoms with E-state index in [1.165, 1.54) is 6.26 Å². The topological polar surface area (TPSA) is 79.8 Å². The summed E-state index contributed by atoms with van der Waals surface area (Å²) >= 11 is 0. The average Bonchev–Trinajstić information content (AvgIpc) is 2.62. The summed E-state index contributed by atoms with van der Waals surface area (Å²) in [6.45, 7) is 7.55. The molecule has 0 fully saturated rings. The summed E-state index contributed by atoms with van der Waals surface area (Å²) in [5.41, 5.74) is 3.97. The molecule has 0 aliphatic heterocycles. The van der Waals surface area contributed by atoms with Gasteiger partial charge in [0.25, 0.3) is 0 Å². The van der Waals surface area contributed by atoms with Gasteiger partial charge in [0, 0.05) is 19.8 Å². The fourth-order valence-electron chi connectivity index (χ4n) is 2.99. The van der Waals surface area contributed by atoms with Crippen molar-refractivity contribution in [3.05, 3.63) is 58.7 Å². The van der Waals surface area contributed by atoms with E-state index in [0.717, 1.165) is 28.0 Å². The third-order valence-electron chi connectivity index (χ3n) is 4.37. The van der Waals surface area contributed by atoms with Gasteiger partial charge in [-0.3, -0.25) is 4.99 Å². The van der Waals surface area contributed by atoms with E-state index in [4.69, 9.17) is 4.74 Å². The maximum atomic E-state index is 11.7. The molecule has 28 heavy (non-hydrogen) atoms. The van der Waals surface area contributed by atoms with E-state index in [9.17, 15) is 8.42 Å². The van der Waals surface area contributed by atoms with Crippen molar-refractivity contribution in [2.24, 2.45) is 4.99 Å². The SMILES string of the molecule is CN=C(NCCOc1c(C)cccc1C)NCc1ccc(S(C)(=O)=O)c(C)c1. The van der Waals surface area contributed by atoms with Crippen LogP contribution in [0.2, 0.25) is 0 Å². The molecule has 0 atom stereocenters. The number of hydrogen-bond donors (Lipinski definition) is 2. The minimum atomic E-state index is -3.20. The zero-order chi connectivity index (χ0) is 20.7. The normalized spacial score (nSPS) is 12.0. The molecular weight excluding hydrogens is 374 g/mol. The third-order valence-corrected chi connectivity index (χ3v) is 5.63. The molecule has 7 heteroatoms. The van der Waals surface area contributed by atoms with Crippen molar-refractivity contribution in [1.82, 2.24) is 10.6 Å². The van der Waals surface area contributed by atoms with Gasteiger partial charge in [0.1, 0.15) is 12.4 Å². The Balaban J connectivity index is 1.84. The number of aliphatic imine (C=N–C) groups is 1. The van der Waals surface area contributed by atoms with Crippen molar-refractivity contribution in [3.63, 3.8) is 0 Å². The number of hydrogen-bond acceptors (Lipinski definition) is 4. The Bertz CT molecular complexity index is 933. The van der Waals surface area contributed by atoms with Gasteiger partial charge in [-0.25, -0.2) is 8.42 Å². The predicted molar refractivity (Wildman–Crippen MR) is 114 cm³/mol. The number of para-hydroxylation sites is 1. The molecule has 0 heterocycles. The van der Waals surface area contributed by atoms with Crippen molar-refractivity contribution in [2.45, 2.75) is 32.2 Å². The number of sulfone groups is 1. The fraction of sp³-hybridized carbons (Fsp3) is 0.381. The van der Waals surface area contributed by atoms with Crippen LogP contribution < -0.4 is 15.4 Å². The lowest BCUT2D eigenvalue weighted by Crippen LogP contribution is -2.38. The number of rotatable bonds is 7. The Morgan fingerprint density at radius 2 is 1.71 bits per heavy atom. The van der Waals surface area contributed by atoms with E-state index in [-0.39, 0.29) is 0 Å². The Labute approximate surface area is 168 Å². The number of aryl methyl sites for hydroxylation is 3. The smallest absolute Gasteiger partial charge is 0.191 e. The van der Waals surface area contributed by atoms with Crippen molar-refractivity contribution < 1.29 is 13.2 Å². The highest BCUT2D eigenvalue weighted by Crippen LogP contribution is 2.22. The maximum absolute atomic E-state index is 11.7. The largest absolute Gasteiger partial charge is 0.491 e. The van der Waals surface area contributed by atoms with Crippen LogP contribution in [-0.4, -0.2) is 40.8 Å². The molecule has 2 aromatic rings. The van der Waals surface area contributed by atoms with Gasteiger partial charge in [-0.05, 0) is 49.1 Å². The molecule has 0 amide bonds. The summed E-state index contributed by atoms with van der Waals surface area (Å²) in [6, 6.07) is 11.4. The van der Waals surface area contributed by atoms with Crippen LogP contribution in [0.25, 0.3) is 0 Å². The van der Waals surface area contributed by atoms with Crippen molar-refractivity contribution in [1.29, 1.82) is 0 Å². The van der Waals surface area contributed by atoms with E-state index in [1.807, 2.05) is 44.2 Å². The molecule has 0 aromatic heterocycles. The third kappa shape index (κ3) is 5.99. The minimum absolute atomic E-state index is 0.363. The first-order chi connectivity index (χ1) is 13.2. The highest BCUT2D eigenvalue weighted by Gasteiger charge is 2.11. The molecule has 0 spiro atoms. The maximum Gasteiger partial charge on any atom is 0.191 e. The highest BCUT2D eigenvalue weighted by atomic mass is 32.2. The first-order valence-corrected chi connectivity index (χ1v) is 11.0. The molecule has 6 nitrogen and oxygen atoms in total. The van der Waals surface area contributed by atoms with Gasteiger partial charge >= 0.3 is 0 Å². The zero-order valence-corrected chi connectivity index (χ0v) is 18.0. The summed E-state index contributed by atoms with van der Waals surface area (Å²) in [6.07, 6.45) is 1.22. The van der Waals surface area contributed by atoms with Gasteiger partial charge in [-0.2, -0.15) is 0 Å². The molecule has 0 radical (unpaired) electrons. The van der Waals surface area contributed by atoms with E-state index in [1.54, 1.807) is 20.0 Å². The Morgan fingerprint density at radius 3 is 2.29 bits per heavy atom. The fourth-order valence-corrected chi connectivity index (χ4v) is 3.95. The van der Waals surface area contributed by atoms with Crippen LogP contribution in [0.15, 0.2) is 46.3 Å². The zero-order valence-electron chi connectivity index (χ0n) is 17.2. The van der Waals surface area contributed by atoms with Gasteiger partial charge < -0.3 is 15.4 Å². The van der Waals surface area contributed by atoms with Gasteiger partial charge in [0.05, 0.1) is 11.4 Å². The second kappa shape index (κ2) is 9.59. The van der Waals surface area contributed by atoms with E-state index in [2.05, 4.69) is 15.6 Å². The van der Waals surface area contributed by atoms with Crippen LogP contribution in [-0.2, 0) is 16.4 Å². The van der Waals surface area contributed by atoms with E-state index < -0.39 is 9.84 Å². The minimum Gasteiger partial charge on any atom is -0.491 e. The average molecular weight is 404 g/mol. The molecule has 0 aliphatic rings. The molecule has 2 N–H and O–H groups in total. The number of nitrogens with one attached hydrogen (secondary N) is 2. The van der Waals surface area contributed by atoms with Crippen molar-refractivity contribution >= 4 is 15.8 Å². The van der Waals surface area contributed by atoms with Crippen LogP contribution in [0.5, 0.6) is 5.75 Å². The Kier molecular flexibility index (Phi) is 7.45. The number of nitrogens with zero attached hydrogens (tertiary/aromatic N) is 1. The molecule has 2 rings (SSSR count). The summed E-state index contributed by atoms with van der Waals surface area (Å²) in [7, 11) is -1.49. The van der Waals surface area contributed by atoms with Crippen LogP contribution in [0.4, 0.5) is 0 Å². The summed E-state index contributed by atoms with van der Waals surface area (Å²) in [4.78, 5) is 4.57. The van der Waals surface area contributed by atoms with Crippen LogP contribution in [0.3, 0.4) is 0 Å². The lowest BCUT2D eigenvalue weighted by molar-refractivity contribution is 0.317. The number of ether oxygens (including phenoxy) is 1. The molecule has 0 saturated heterocycles. The van der Waals surface area contributed by atoms with Gasteiger partial charge in [-0.1, -0.05) is 30.3 Å². The van der Waals surface area contributed by atoms with Crippen LogP contribution in [0.1, 0.15) is 22.3 Å². The van der Waals surface area contributed by atoms with E-state index >= 15 is 0 Å². The standard InChI is InChI=1S/C21H29N3O3S/c1-15-7-6-8-16(2)20(15)27-12-11-23-21(22-4)24-14-18-9-10-19(17(3)13-18)28(5,25)26/h6-10,13H,11-12,14H2,1-5H3,(H2,22,23,24). The summed E-state index contributed by atoms with van der Waals surface area (Å²) in [5.74, 6) is 1.59. The lowest BCUT2D eigenvalue weighted by Gasteiger charge is -2.15. The number of benzene rings is 2. The molecule has 152 valence electrons. The highest BCUT2D eigenvalue weighted by molar-refractivity contribution is 7.90. The van der Waals surface area contributed by atoms with Gasteiger partial charge in [-0.15, -0.1) is 0 Å². The number of guanidine groups is 1. The summed E-state index contributed by atoms with van der Waals surface area (Å²) in [5, 5.41) is 6.44. The van der Waals surface area contributed by atoms with Gasteiger partial charge in [0.2, 0.25) is 0 Å². The molecule has 0 saturated carbocycles. The lowest BCUT2D eigenvalue weighted by atomic mass is 10.1. The second-order valence-electron chi connectivity index (χ2n) is 6.79. The monoisotopic (exact) mass is 403 g/mol. The molecule has 0 unspecified atom stereocenters. The quantitative estimate of drug-likeness (QED) is 0.422.